The van der Waals surface area contributed by atoms with Gasteiger partial charge in [-0.2, -0.15) is 0 Å². The molecule has 0 saturated heterocycles. The van der Waals surface area contributed by atoms with Crippen LogP contribution in [0, 0.1) is 6.92 Å². The number of aryl methyl sites for hydroxylation is 1. The van der Waals surface area contributed by atoms with Crippen molar-refractivity contribution in [1.82, 2.24) is 4.90 Å². The number of aliphatic hydroxyl groups excluding tert-OH is 1. The fourth-order valence-corrected chi connectivity index (χ4v) is 2.61. The van der Waals surface area contributed by atoms with E-state index >= 15 is 0 Å². The Labute approximate surface area is 153 Å². The Bertz CT molecular complexity index is 704. The number of aliphatic hydroxyl groups is 1. The Morgan fingerprint density at radius 1 is 1.24 bits per heavy atom. The first-order valence-corrected chi connectivity index (χ1v) is 8.47. The topological polar surface area (TPSA) is 61.8 Å². The van der Waals surface area contributed by atoms with E-state index in [9.17, 15) is 4.79 Å². The summed E-state index contributed by atoms with van der Waals surface area (Å²) in [5.41, 5.74) is 2.54. The van der Waals surface area contributed by atoms with Gasteiger partial charge in [-0.15, -0.1) is 0 Å². The van der Waals surface area contributed by atoms with Crippen LogP contribution in [0.1, 0.15) is 17.5 Å². The van der Waals surface area contributed by atoms with Crippen LogP contribution in [0.5, 0.6) is 5.75 Å². The molecule has 0 fully saturated rings. The number of urea groups is 1. The van der Waals surface area contributed by atoms with E-state index < -0.39 is 0 Å². The molecule has 5 nitrogen and oxygen atoms in total. The molecular formula is C19H23ClN2O3. The number of halogens is 1. The molecule has 0 aromatic heterocycles. The summed E-state index contributed by atoms with van der Waals surface area (Å²) in [4.78, 5) is 14.4. The van der Waals surface area contributed by atoms with Gasteiger partial charge >= 0.3 is 6.03 Å². The quantitative estimate of drug-likeness (QED) is 0.780. The number of carbonyl (C=O) groups is 1. The van der Waals surface area contributed by atoms with Gasteiger partial charge in [0.05, 0.1) is 12.8 Å². The van der Waals surface area contributed by atoms with Gasteiger partial charge < -0.3 is 20.1 Å². The zero-order valence-corrected chi connectivity index (χ0v) is 15.2. The first-order chi connectivity index (χ1) is 12.0. The lowest BCUT2D eigenvalue weighted by Crippen LogP contribution is -2.35. The zero-order valence-electron chi connectivity index (χ0n) is 14.5. The summed E-state index contributed by atoms with van der Waals surface area (Å²) in [5.74, 6) is 0.613. The molecule has 0 aliphatic carbocycles. The molecule has 0 unspecified atom stereocenters. The number of hydrogen-bond donors (Lipinski definition) is 2. The number of para-hydroxylation sites is 1. The standard InChI is InChI=1S/C19H23ClN2O3/c1-14-5-3-6-17(25-2)18(14)21-19(24)22(11-4-12-23)13-15-7-9-16(20)10-8-15/h3,5-10,23H,4,11-13H2,1-2H3,(H,21,24). The monoisotopic (exact) mass is 362 g/mol. The number of amides is 2. The van der Waals surface area contributed by atoms with Gasteiger partial charge in [0.2, 0.25) is 0 Å². The Kier molecular flexibility index (Phi) is 7.10. The first-order valence-electron chi connectivity index (χ1n) is 8.10. The Hall–Kier alpha value is -2.24. The normalized spacial score (nSPS) is 10.4. The summed E-state index contributed by atoms with van der Waals surface area (Å²) in [6, 6.07) is 12.7. The van der Waals surface area contributed by atoms with Crippen LogP contribution >= 0.6 is 11.6 Å². The predicted molar refractivity (Wildman–Crippen MR) is 100 cm³/mol. The van der Waals surface area contributed by atoms with Crippen LogP contribution < -0.4 is 10.1 Å². The third kappa shape index (κ3) is 5.37. The van der Waals surface area contributed by atoms with E-state index in [-0.39, 0.29) is 12.6 Å². The summed E-state index contributed by atoms with van der Waals surface area (Å²) >= 11 is 5.91. The van der Waals surface area contributed by atoms with Crippen LogP contribution in [0.4, 0.5) is 10.5 Å². The van der Waals surface area contributed by atoms with Crippen LogP contribution in [-0.4, -0.2) is 36.3 Å². The maximum atomic E-state index is 12.8. The van der Waals surface area contributed by atoms with Gasteiger partial charge in [0, 0.05) is 24.7 Å². The number of ether oxygens (including phenoxy) is 1. The highest BCUT2D eigenvalue weighted by atomic mass is 35.5. The lowest BCUT2D eigenvalue weighted by molar-refractivity contribution is 0.199. The molecule has 0 saturated carbocycles. The van der Waals surface area contributed by atoms with Crippen molar-refractivity contribution in [2.24, 2.45) is 0 Å². The summed E-state index contributed by atoms with van der Waals surface area (Å²) in [6.45, 7) is 2.81. The first kappa shape index (κ1) is 19.1. The summed E-state index contributed by atoms with van der Waals surface area (Å²) < 4.78 is 5.33. The minimum absolute atomic E-state index is 0.0259. The number of benzene rings is 2. The molecule has 2 amide bonds. The molecule has 0 spiro atoms. The fourth-order valence-electron chi connectivity index (χ4n) is 2.48. The van der Waals surface area contributed by atoms with Crippen LogP contribution in [-0.2, 0) is 6.54 Å². The highest BCUT2D eigenvalue weighted by Gasteiger charge is 2.17. The number of carbonyl (C=O) groups excluding carboxylic acids is 1. The fraction of sp³-hybridized carbons (Fsp3) is 0.316. The van der Waals surface area contributed by atoms with Crippen molar-refractivity contribution in [3.63, 3.8) is 0 Å². The third-order valence-electron chi connectivity index (χ3n) is 3.85. The maximum Gasteiger partial charge on any atom is 0.322 e. The van der Waals surface area contributed by atoms with Crippen molar-refractivity contribution < 1.29 is 14.6 Å². The minimum Gasteiger partial charge on any atom is -0.495 e. The Morgan fingerprint density at radius 3 is 2.60 bits per heavy atom. The molecule has 25 heavy (non-hydrogen) atoms. The molecule has 0 atom stereocenters. The van der Waals surface area contributed by atoms with Crippen molar-refractivity contribution >= 4 is 23.3 Å². The highest BCUT2D eigenvalue weighted by molar-refractivity contribution is 6.30. The molecule has 2 aromatic rings. The van der Waals surface area contributed by atoms with Gasteiger partial charge in [0.15, 0.2) is 0 Å². The second-order valence-electron chi connectivity index (χ2n) is 5.71. The largest absolute Gasteiger partial charge is 0.495 e. The number of nitrogens with one attached hydrogen (secondary N) is 1. The van der Waals surface area contributed by atoms with E-state index in [1.165, 1.54) is 0 Å². The van der Waals surface area contributed by atoms with E-state index in [2.05, 4.69) is 5.32 Å². The van der Waals surface area contributed by atoms with E-state index in [0.29, 0.717) is 36.0 Å². The number of methoxy groups -OCH3 is 1. The molecule has 0 bridgehead atoms. The van der Waals surface area contributed by atoms with Crippen molar-refractivity contribution in [3.8, 4) is 5.75 Å². The zero-order chi connectivity index (χ0) is 18.2. The molecule has 2 N–H and O–H groups in total. The highest BCUT2D eigenvalue weighted by Crippen LogP contribution is 2.28. The van der Waals surface area contributed by atoms with Crippen LogP contribution in [0.25, 0.3) is 0 Å². The lowest BCUT2D eigenvalue weighted by Gasteiger charge is -2.24. The molecule has 2 rings (SSSR count). The summed E-state index contributed by atoms with van der Waals surface area (Å²) in [6.07, 6.45) is 0.506. The molecule has 0 radical (unpaired) electrons. The number of hydrogen-bond acceptors (Lipinski definition) is 3. The summed E-state index contributed by atoms with van der Waals surface area (Å²) in [7, 11) is 1.57. The number of anilines is 1. The molecule has 0 heterocycles. The van der Waals surface area contributed by atoms with E-state index in [4.69, 9.17) is 21.4 Å². The molecule has 0 aliphatic heterocycles. The van der Waals surface area contributed by atoms with Gasteiger partial charge in [0.25, 0.3) is 0 Å². The SMILES string of the molecule is COc1cccc(C)c1NC(=O)N(CCCO)Cc1ccc(Cl)cc1. The average molecular weight is 363 g/mol. The third-order valence-corrected chi connectivity index (χ3v) is 4.10. The number of rotatable bonds is 7. The molecule has 134 valence electrons. The van der Waals surface area contributed by atoms with Crippen LogP contribution in [0.3, 0.4) is 0 Å². The second-order valence-corrected chi connectivity index (χ2v) is 6.14. The van der Waals surface area contributed by atoms with Crippen LogP contribution in [0.2, 0.25) is 5.02 Å². The smallest absolute Gasteiger partial charge is 0.322 e. The van der Waals surface area contributed by atoms with Crippen molar-refractivity contribution in [2.75, 3.05) is 25.6 Å². The molecule has 0 aliphatic rings. The van der Waals surface area contributed by atoms with Crippen molar-refractivity contribution in [3.05, 3.63) is 58.6 Å². The van der Waals surface area contributed by atoms with Gasteiger partial charge in [-0.25, -0.2) is 4.79 Å². The maximum absolute atomic E-state index is 12.8. The van der Waals surface area contributed by atoms with Crippen molar-refractivity contribution in [1.29, 1.82) is 0 Å². The van der Waals surface area contributed by atoms with E-state index in [1.807, 2.05) is 31.2 Å². The van der Waals surface area contributed by atoms with E-state index in [1.54, 1.807) is 30.2 Å². The predicted octanol–water partition coefficient (Wildman–Crippen LogP) is 4.07. The minimum atomic E-state index is -0.240. The molecule has 2 aromatic carbocycles. The summed E-state index contributed by atoms with van der Waals surface area (Å²) in [5, 5.41) is 12.7. The molecular weight excluding hydrogens is 340 g/mol. The Balaban J connectivity index is 2.16. The second kappa shape index (κ2) is 9.30. The Morgan fingerprint density at radius 2 is 1.96 bits per heavy atom. The van der Waals surface area contributed by atoms with Crippen molar-refractivity contribution in [2.45, 2.75) is 19.9 Å². The van der Waals surface area contributed by atoms with Gasteiger partial charge in [0.1, 0.15) is 5.75 Å². The van der Waals surface area contributed by atoms with Gasteiger partial charge in [-0.05, 0) is 42.7 Å². The molecule has 6 heteroatoms. The number of nitrogens with zero attached hydrogens (tertiary/aromatic N) is 1. The van der Waals surface area contributed by atoms with Gasteiger partial charge in [-0.1, -0.05) is 35.9 Å². The van der Waals surface area contributed by atoms with E-state index in [0.717, 1.165) is 11.1 Å². The lowest BCUT2D eigenvalue weighted by atomic mass is 10.2. The van der Waals surface area contributed by atoms with Crippen LogP contribution in [0.15, 0.2) is 42.5 Å². The van der Waals surface area contributed by atoms with Gasteiger partial charge in [-0.3, -0.25) is 0 Å². The average Bonchev–Trinajstić information content (AvgIpc) is 2.61.